The third kappa shape index (κ3) is 7.33. The molecule has 0 spiro atoms. The normalized spacial score (nSPS) is 10.8. The van der Waals surface area contributed by atoms with E-state index in [0.29, 0.717) is 22.7 Å². The van der Waals surface area contributed by atoms with Gasteiger partial charge in [-0.3, -0.25) is 9.59 Å². The summed E-state index contributed by atoms with van der Waals surface area (Å²) >= 11 is 0. The zero-order chi connectivity index (χ0) is 21.2. The predicted molar refractivity (Wildman–Crippen MR) is 108 cm³/mol. The molecule has 2 aromatic rings. The zero-order valence-electron chi connectivity index (χ0n) is 16.1. The SMILES string of the molecule is COc1ccc(COC(=O)NN=C(C)CC(=O)Nc2ccc(C(N)=O)cc2)cc1. The Kier molecular flexibility index (Phi) is 7.72. The molecule has 0 radical (unpaired) electrons. The van der Waals surface area contributed by atoms with Crippen LogP contribution in [0, 0.1) is 0 Å². The summed E-state index contributed by atoms with van der Waals surface area (Å²) in [6, 6.07) is 13.2. The highest BCUT2D eigenvalue weighted by atomic mass is 16.6. The van der Waals surface area contributed by atoms with Crippen molar-refractivity contribution in [2.24, 2.45) is 10.8 Å². The fourth-order valence-corrected chi connectivity index (χ4v) is 2.24. The van der Waals surface area contributed by atoms with Crippen LogP contribution in [-0.4, -0.2) is 30.7 Å². The lowest BCUT2D eigenvalue weighted by Crippen LogP contribution is -2.22. The van der Waals surface area contributed by atoms with E-state index in [1.807, 2.05) is 0 Å². The van der Waals surface area contributed by atoms with Gasteiger partial charge < -0.3 is 20.5 Å². The quantitative estimate of drug-likeness (QED) is 0.464. The maximum atomic E-state index is 12.0. The topological polar surface area (TPSA) is 132 Å². The molecule has 0 saturated heterocycles. The van der Waals surface area contributed by atoms with E-state index in [4.69, 9.17) is 15.2 Å². The Morgan fingerprint density at radius 3 is 2.28 bits per heavy atom. The van der Waals surface area contributed by atoms with Gasteiger partial charge in [0.2, 0.25) is 11.8 Å². The van der Waals surface area contributed by atoms with Gasteiger partial charge in [-0.05, 0) is 48.9 Å². The van der Waals surface area contributed by atoms with Gasteiger partial charge in [0.25, 0.3) is 0 Å². The van der Waals surface area contributed by atoms with Crippen LogP contribution in [0.2, 0.25) is 0 Å². The number of nitrogens with two attached hydrogens (primary N) is 1. The number of hydrogen-bond donors (Lipinski definition) is 3. The van der Waals surface area contributed by atoms with Crippen LogP contribution in [-0.2, 0) is 16.1 Å². The largest absolute Gasteiger partial charge is 0.497 e. The molecule has 29 heavy (non-hydrogen) atoms. The molecule has 152 valence electrons. The lowest BCUT2D eigenvalue weighted by molar-refractivity contribution is -0.115. The minimum atomic E-state index is -0.734. The van der Waals surface area contributed by atoms with Gasteiger partial charge in [-0.2, -0.15) is 5.10 Å². The number of primary amides is 1. The van der Waals surface area contributed by atoms with Crippen molar-refractivity contribution in [1.82, 2.24) is 5.43 Å². The van der Waals surface area contributed by atoms with E-state index in [1.54, 1.807) is 50.4 Å². The van der Waals surface area contributed by atoms with E-state index in [2.05, 4.69) is 15.8 Å². The van der Waals surface area contributed by atoms with Gasteiger partial charge in [0.05, 0.1) is 13.5 Å². The van der Waals surface area contributed by atoms with Gasteiger partial charge >= 0.3 is 6.09 Å². The Morgan fingerprint density at radius 1 is 1.03 bits per heavy atom. The molecule has 0 saturated carbocycles. The van der Waals surface area contributed by atoms with E-state index >= 15 is 0 Å². The summed E-state index contributed by atoms with van der Waals surface area (Å²) in [5.74, 6) is -0.164. The molecule has 2 rings (SSSR count). The fraction of sp³-hybridized carbons (Fsp3) is 0.200. The zero-order valence-corrected chi connectivity index (χ0v) is 16.1. The highest BCUT2D eigenvalue weighted by molar-refractivity contribution is 6.05. The summed E-state index contributed by atoms with van der Waals surface area (Å²) in [7, 11) is 1.57. The first kappa shape index (κ1) is 21.4. The molecule has 0 atom stereocenters. The average Bonchev–Trinajstić information content (AvgIpc) is 2.71. The molecule has 0 aliphatic carbocycles. The molecule has 3 amide bonds. The molecule has 4 N–H and O–H groups in total. The fourth-order valence-electron chi connectivity index (χ4n) is 2.24. The number of rotatable bonds is 8. The first-order valence-electron chi connectivity index (χ1n) is 8.66. The van der Waals surface area contributed by atoms with Crippen molar-refractivity contribution in [2.45, 2.75) is 20.0 Å². The third-order valence-corrected chi connectivity index (χ3v) is 3.74. The minimum absolute atomic E-state index is 0.0314. The van der Waals surface area contributed by atoms with Crippen LogP contribution >= 0.6 is 0 Å². The van der Waals surface area contributed by atoms with Crippen LogP contribution in [0.5, 0.6) is 5.75 Å². The summed E-state index contributed by atoms with van der Waals surface area (Å²) in [5.41, 5.74) is 9.44. The summed E-state index contributed by atoms with van der Waals surface area (Å²) in [6.07, 6.45) is -0.765. The molecular formula is C20H22N4O5. The number of amides is 3. The smallest absolute Gasteiger partial charge is 0.428 e. The van der Waals surface area contributed by atoms with Crippen molar-refractivity contribution in [3.63, 3.8) is 0 Å². The molecule has 9 nitrogen and oxygen atoms in total. The maximum absolute atomic E-state index is 12.0. The third-order valence-electron chi connectivity index (χ3n) is 3.74. The van der Waals surface area contributed by atoms with E-state index < -0.39 is 12.0 Å². The molecule has 0 unspecified atom stereocenters. The molecule has 0 aromatic heterocycles. The number of benzene rings is 2. The van der Waals surface area contributed by atoms with E-state index in [9.17, 15) is 14.4 Å². The van der Waals surface area contributed by atoms with Crippen molar-refractivity contribution in [1.29, 1.82) is 0 Å². The van der Waals surface area contributed by atoms with Crippen LogP contribution in [0.1, 0.15) is 29.3 Å². The molecule has 0 bridgehead atoms. The lowest BCUT2D eigenvalue weighted by atomic mass is 10.2. The van der Waals surface area contributed by atoms with Crippen LogP contribution < -0.4 is 21.2 Å². The highest BCUT2D eigenvalue weighted by Crippen LogP contribution is 2.12. The summed E-state index contributed by atoms with van der Waals surface area (Å²) in [6.45, 7) is 1.67. The number of anilines is 1. The van der Waals surface area contributed by atoms with Crippen molar-refractivity contribution in [3.8, 4) is 5.75 Å². The van der Waals surface area contributed by atoms with Gasteiger partial charge in [-0.15, -0.1) is 0 Å². The molecule has 0 aliphatic rings. The molecule has 0 fully saturated rings. The highest BCUT2D eigenvalue weighted by Gasteiger charge is 2.07. The number of hydrogen-bond acceptors (Lipinski definition) is 6. The number of hydrazone groups is 1. The number of nitrogens with one attached hydrogen (secondary N) is 2. The lowest BCUT2D eigenvalue weighted by Gasteiger charge is -2.07. The second-order valence-corrected chi connectivity index (χ2v) is 6.05. The van der Waals surface area contributed by atoms with Crippen molar-refractivity contribution in [3.05, 3.63) is 59.7 Å². The van der Waals surface area contributed by atoms with Crippen molar-refractivity contribution in [2.75, 3.05) is 12.4 Å². The van der Waals surface area contributed by atoms with Gasteiger partial charge in [0.15, 0.2) is 0 Å². The number of carbonyl (C=O) groups excluding carboxylic acids is 3. The van der Waals surface area contributed by atoms with Crippen LogP contribution in [0.3, 0.4) is 0 Å². The van der Waals surface area contributed by atoms with Gasteiger partial charge in [-0.25, -0.2) is 10.2 Å². The Bertz CT molecular complexity index is 892. The number of methoxy groups -OCH3 is 1. The standard InChI is InChI=1S/C20H22N4O5/c1-13(11-18(25)22-16-7-5-15(6-8-16)19(21)26)23-24-20(27)29-12-14-3-9-17(28-2)10-4-14/h3-10H,11-12H2,1-2H3,(H2,21,26)(H,22,25)(H,24,27). The second kappa shape index (κ2) is 10.5. The number of ether oxygens (including phenoxy) is 2. The maximum Gasteiger partial charge on any atom is 0.428 e. The molecule has 9 heteroatoms. The summed E-state index contributed by atoms with van der Waals surface area (Å²) in [5, 5.41) is 6.49. The Labute approximate surface area is 167 Å². The van der Waals surface area contributed by atoms with Gasteiger partial charge in [-0.1, -0.05) is 12.1 Å². The molecule has 0 heterocycles. The van der Waals surface area contributed by atoms with E-state index in [1.165, 1.54) is 12.1 Å². The minimum Gasteiger partial charge on any atom is -0.497 e. The Morgan fingerprint density at radius 2 is 1.69 bits per heavy atom. The van der Waals surface area contributed by atoms with Crippen molar-refractivity contribution >= 4 is 29.3 Å². The predicted octanol–water partition coefficient (Wildman–Crippen LogP) is 2.43. The number of nitrogens with zero attached hydrogens (tertiary/aromatic N) is 1. The molecule has 0 aliphatic heterocycles. The number of carbonyl (C=O) groups is 3. The summed E-state index contributed by atoms with van der Waals surface area (Å²) in [4.78, 5) is 34.7. The van der Waals surface area contributed by atoms with E-state index in [-0.39, 0.29) is 18.9 Å². The van der Waals surface area contributed by atoms with Crippen molar-refractivity contribution < 1.29 is 23.9 Å². The van der Waals surface area contributed by atoms with Crippen LogP contribution in [0.15, 0.2) is 53.6 Å². The molecular weight excluding hydrogens is 376 g/mol. The molecule has 2 aromatic carbocycles. The van der Waals surface area contributed by atoms with Crippen LogP contribution in [0.25, 0.3) is 0 Å². The first-order chi connectivity index (χ1) is 13.9. The Balaban J connectivity index is 1.75. The van der Waals surface area contributed by atoms with E-state index in [0.717, 1.165) is 5.56 Å². The monoisotopic (exact) mass is 398 g/mol. The second-order valence-electron chi connectivity index (χ2n) is 6.05. The van der Waals surface area contributed by atoms with Gasteiger partial charge in [0, 0.05) is 17.0 Å². The first-order valence-corrected chi connectivity index (χ1v) is 8.66. The Hall–Kier alpha value is -3.88. The van der Waals surface area contributed by atoms with Crippen LogP contribution in [0.4, 0.5) is 10.5 Å². The van der Waals surface area contributed by atoms with Gasteiger partial charge in [0.1, 0.15) is 12.4 Å². The summed E-state index contributed by atoms with van der Waals surface area (Å²) < 4.78 is 10.1. The average molecular weight is 398 g/mol.